The first-order valence-electron chi connectivity index (χ1n) is 4.74. The highest BCUT2D eigenvalue weighted by molar-refractivity contribution is 9.09. The molecule has 0 bridgehead atoms. The van der Waals surface area contributed by atoms with Crippen LogP contribution in [0.15, 0.2) is 24.3 Å². The minimum atomic E-state index is 0.324. The van der Waals surface area contributed by atoms with Gasteiger partial charge in [-0.2, -0.15) is 0 Å². The molecule has 2 atom stereocenters. The molecular weight excluding hydrogens is 244 g/mol. The van der Waals surface area contributed by atoms with E-state index in [4.69, 9.17) is 9.47 Å². The highest BCUT2D eigenvalue weighted by atomic mass is 79.9. The predicted molar refractivity (Wildman–Crippen MR) is 59.0 cm³/mol. The van der Waals surface area contributed by atoms with Crippen molar-refractivity contribution in [2.75, 3.05) is 13.2 Å². The summed E-state index contributed by atoms with van der Waals surface area (Å²) in [7, 11) is 0. The standard InChI is InChI=1S/C11H13BrO2/c1-8(12)9-2-4-10(5-3-9)13-6-11-7-14-11/h2-5,8,11H,6-7H2,1H3. The van der Waals surface area contributed by atoms with Gasteiger partial charge in [-0.05, 0) is 24.6 Å². The van der Waals surface area contributed by atoms with Gasteiger partial charge >= 0.3 is 0 Å². The van der Waals surface area contributed by atoms with Crippen molar-refractivity contribution in [3.8, 4) is 5.75 Å². The quantitative estimate of drug-likeness (QED) is 0.611. The topological polar surface area (TPSA) is 21.8 Å². The number of ether oxygens (including phenoxy) is 2. The third-order valence-electron chi connectivity index (χ3n) is 2.18. The fourth-order valence-electron chi connectivity index (χ4n) is 1.18. The Balaban J connectivity index is 1.91. The van der Waals surface area contributed by atoms with Crippen LogP contribution in [0.4, 0.5) is 0 Å². The maximum absolute atomic E-state index is 5.52. The molecule has 0 aliphatic carbocycles. The second-order valence-corrected chi connectivity index (χ2v) is 4.82. The van der Waals surface area contributed by atoms with Gasteiger partial charge in [0, 0.05) is 4.83 Å². The first kappa shape index (κ1) is 9.99. The summed E-state index contributed by atoms with van der Waals surface area (Å²) in [4.78, 5) is 0.392. The largest absolute Gasteiger partial charge is 0.491 e. The van der Waals surface area contributed by atoms with E-state index in [1.807, 2.05) is 12.1 Å². The fraction of sp³-hybridized carbons (Fsp3) is 0.455. The lowest BCUT2D eigenvalue weighted by atomic mass is 10.2. The van der Waals surface area contributed by atoms with Crippen LogP contribution in [-0.2, 0) is 4.74 Å². The molecule has 76 valence electrons. The van der Waals surface area contributed by atoms with Crippen LogP contribution in [0.1, 0.15) is 17.3 Å². The Bertz CT molecular complexity index is 291. The molecular formula is C11H13BrO2. The lowest BCUT2D eigenvalue weighted by Gasteiger charge is -2.06. The molecule has 1 fully saturated rings. The third kappa shape index (κ3) is 2.72. The Morgan fingerprint density at radius 1 is 1.50 bits per heavy atom. The molecule has 0 amide bonds. The molecule has 1 aliphatic rings. The van der Waals surface area contributed by atoms with E-state index in [1.165, 1.54) is 5.56 Å². The molecule has 0 aromatic heterocycles. The first-order chi connectivity index (χ1) is 6.75. The van der Waals surface area contributed by atoms with Gasteiger partial charge in [-0.1, -0.05) is 28.1 Å². The van der Waals surface area contributed by atoms with E-state index in [1.54, 1.807) is 0 Å². The third-order valence-corrected chi connectivity index (χ3v) is 2.71. The van der Waals surface area contributed by atoms with Crippen molar-refractivity contribution < 1.29 is 9.47 Å². The predicted octanol–water partition coefficient (Wildman–Crippen LogP) is 2.92. The second-order valence-electron chi connectivity index (χ2n) is 3.45. The van der Waals surface area contributed by atoms with Gasteiger partial charge in [-0.25, -0.2) is 0 Å². The second kappa shape index (κ2) is 4.32. The number of benzene rings is 1. The van der Waals surface area contributed by atoms with Crippen LogP contribution in [-0.4, -0.2) is 19.3 Å². The molecule has 0 radical (unpaired) electrons. The Hall–Kier alpha value is -0.540. The van der Waals surface area contributed by atoms with Gasteiger partial charge < -0.3 is 9.47 Å². The number of halogens is 1. The smallest absolute Gasteiger partial charge is 0.119 e. The molecule has 2 nitrogen and oxygen atoms in total. The van der Waals surface area contributed by atoms with Crippen molar-refractivity contribution in [1.29, 1.82) is 0 Å². The van der Waals surface area contributed by atoms with Gasteiger partial charge in [0.2, 0.25) is 0 Å². The summed E-state index contributed by atoms with van der Waals surface area (Å²) in [6, 6.07) is 8.13. The van der Waals surface area contributed by atoms with Crippen LogP contribution in [0.3, 0.4) is 0 Å². The summed E-state index contributed by atoms with van der Waals surface area (Å²) in [6.45, 7) is 3.62. The van der Waals surface area contributed by atoms with E-state index in [9.17, 15) is 0 Å². The molecule has 0 saturated carbocycles. The Kier molecular flexibility index (Phi) is 3.08. The van der Waals surface area contributed by atoms with Crippen molar-refractivity contribution in [2.45, 2.75) is 17.9 Å². The molecule has 2 unspecified atom stereocenters. The average Bonchev–Trinajstić information content (AvgIpc) is 2.99. The van der Waals surface area contributed by atoms with Crippen LogP contribution in [0.25, 0.3) is 0 Å². The fourth-order valence-corrected chi connectivity index (χ4v) is 1.49. The maximum Gasteiger partial charge on any atom is 0.119 e. The highest BCUT2D eigenvalue weighted by Gasteiger charge is 2.22. The maximum atomic E-state index is 5.52. The molecule has 1 saturated heterocycles. The van der Waals surface area contributed by atoms with Crippen molar-refractivity contribution in [3.05, 3.63) is 29.8 Å². The minimum Gasteiger partial charge on any atom is -0.491 e. The summed E-state index contributed by atoms with van der Waals surface area (Å²) in [5, 5.41) is 0. The Morgan fingerprint density at radius 2 is 2.14 bits per heavy atom. The lowest BCUT2D eigenvalue weighted by molar-refractivity contribution is 0.263. The summed E-state index contributed by atoms with van der Waals surface area (Å²) in [5.74, 6) is 0.914. The van der Waals surface area contributed by atoms with Crippen molar-refractivity contribution in [2.24, 2.45) is 0 Å². The van der Waals surface area contributed by atoms with Crippen LogP contribution in [0.5, 0.6) is 5.75 Å². The zero-order valence-electron chi connectivity index (χ0n) is 8.07. The van der Waals surface area contributed by atoms with E-state index < -0.39 is 0 Å². The Morgan fingerprint density at radius 3 is 2.64 bits per heavy atom. The monoisotopic (exact) mass is 256 g/mol. The summed E-state index contributed by atoms with van der Waals surface area (Å²) in [5.41, 5.74) is 1.26. The van der Waals surface area contributed by atoms with Crippen LogP contribution >= 0.6 is 15.9 Å². The molecule has 2 rings (SSSR count). The zero-order valence-corrected chi connectivity index (χ0v) is 9.66. The van der Waals surface area contributed by atoms with Crippen LogP contribution < -0.4 is 4.74 Å². The van der Waals surface area contributed by atoms with Crippen LogP contribution in [0, 0.1) is 0 Å². The highest BCUT2D eigenvalue weighted by Crippen LogP contribution is 2.24. The van der Waals surface area contributed by atoms with Gasteiger partial charge in [0.1, 0.15) is 18.5 Å². The first-order valence-corrected chi connectivity index (χ1v) is 5.65. The molecule has 1 heterocycles. The van der Waals surface area contributed by atoms with Gasteiger partial charge in [-0.3, -0.25) is 0 Å². The number of hydrogen-bond donors (Lipinski definition) is 0. The van der Waals surface area contributed by atoms with E-state index in [0.29, 0.717) is 17.5 Å². The van der Waals surface area contributed by atoms with E-state index in [0.717, 1.165) is 12.4 Å². The molecule has 14 heavy (non-hydrogen) atoms. The van der Waals surface area contributed by atoms with Gasteiger partial charge in [-0.15, -0.1) is 0 Å². The normalized spacial score (nSPS) is 21.7. The van der Waals surface area contributed by atoms with Crippen molar-refractivity contribution in [3.63, 3.8) is 0 Å². The van der Waals surface area contributed by atoms with Crippen LogP contribution in [0.2, 0.25) is 0 Å². The SMILES string of the molecule is CC(Br)c1ccc(OCC2CO2)cc1. The van der Waals surface area contributed by atoms with E-state index in [-0.39, 0.29) is 0 Å². The molecule has 0 spiro atoms. The zero-order chi connectivity index (χ0) is 9.97. The molecule has 3 heteroatoms. The van der Waals surface area contributed by atoms with Gasteiger partial charge in [0.15, 0.2) is 0 Å². The number of epoxide rings is 1. The molecule has 1 aromatic carbocycles. The number of hydrogen-bond acceptors (Lipinski definition) is 2. The number of alkyl halides is 1. The van der Waals surface area contributed by atoms with Gasteiger partial charge in [0.25, 0.3) is 0 Å². The van der Waals surface area contributed by atoms with Gasteiger partial charge in [0.05, 0.1) is 6.61 Å². The van der Waals surface area contributed by atoms with E-state index >= 15 is 0 Å². The molecule has 1 aromatic rings. The van der Waals surface area contributed by atoms with E-state index in [2.05, 4.69) is 35.0 Å². The molecule has 0 N–H and O–H groups in total. The molecule has 1 aliphatic heterocycles. The lowest BCUT2D eigenvalue weighted by Crippen LogP contribution is -2.03. The minimum absolute atomic E-state index is 0.324. The van der Waals surface area contributed by atoms with Crippen molar-refractivity contribution >= 4 is 15.9 Å². The number of rotatable bonds is 4. The summed E-state index contributed by atoms with van der Waals surface area (Å²) >= 11 is 3.52. The Labute approximate surface area is 92.3 Å². The van der Waals surface area contributed by atoms with Crippen molar-refractivity contribution in [1.82, 2.24) is 0 Å². The average molecular weight is 257 g/mol. The summed E-state index contributed by atoms with van der Waals surface area (Å²) in [6.07, 6.45) is 0.324. The summed E-state index contributed by atoms with van der Waals surface area (Å²) < 4.78 is 10.6.